The van der Waals surface area contributed by atoms with Crippen molar-refractivity contribution in [2.75, 3.05) is 26.2 Å². The van der Waals surface area contributed by atoms with Gasteiger partial charge in [0.2, 0.25) is 5.91 Å². The van der Waals surface area contributed by atoms with Gasteiger partial charge in [0, 0.05) is 39.6 Å². The molecule has 0 radical (unpaired) electrons. The van der Waals surface area contributed by atoms with Crippen molar-refractivity contribution in [3.8, 4) is 0 Å². The van der Waals surface area contributed by atoms with E-state index in [0.717, 1.165) is 18.8 Å². The molecule has 1 fully saturated rings. The minimum absolute atomic E-state index is 0.0632. The van der Waals surface area contributed by atoms with Crippen molar-refractivity contribution in [1.82, 2.24) is 29.9 Å². The molecule has 116 valence electrons. The molecule has 0 saturated carbocycles. The average molecular weight is 294 g/mol. The minimum atomic E-state index is -0.119. The Morgan fingerprint density at radius 2 is 1.95 bits per heavy atom. The zero-order valence-electron chi connectivity index (χ0n) is 12.6. The average Bonchev–Trinajstić information content (AvgIpc) is 2.77. The lowest BCUT2D eigenvalue weighted by molar-refractivity contribution is -0.128. The molecule has 1 aliphatic heterocycles. The molecule has 2 rings (SSSR count). The van der Waals surface area contributed by atoms with E-state index in [9.17, 15) is 9.59 Å². The third-order valence-corrected chi connectivity index (χ3v) is 3.66. The zero-order chi connectivity index (χ0) is 15.2. The number of carbonyl (C=O) groups is 2. The number of urea groups is 1. The summed E-state index contributed by atoms with van der Waals surface area (Å²) in [5, 5.41) is 10.7. The van der Waals surface area contributed by atoms with Crippen LogP contribution in [0.25, 0.3) is 0 Å². The normalized spacial score (nSPS) is 15.7. The highest BCUT2D eigenvalue weighted by molar-refractivity contribution is 5.75. The quantitative estimate of drug-likeness (QED) is 0.854. The summed E-state index contributed by atoms with van der Waals surface area (Å²) in [6.07, 6.45) is 2.45. The van der Waals surface area contributed by atoms with E-state index < -0.39 is 0 Å². The van der Waals surface area contributed by atoms with Crippen LogP contribution in [0.2, 0.25) is 0 Å². The first-order chi connectivity index (χ1) is 10.1. The lowest BCUT2D eigenvalue weighted by atomic mass is 10.4. The maximum Gasteiger partial charge on any atom is 0.317 e. The second-order valence-electron chi connectivity index (χ2n) is 5.04. The number of carbonyl (C=O) groups excluding carboxylic acids is 2. The van der Waals surface area contributed by atoms with E-state index in [1.54, 1.807) is 23.1 Å². The molecule has 2 heterocycles. The Balaban J connectivity index is 1.84. The number of rotatable bonds is 3. The van der Waals surface area contributed by atoms with E-state index in [1.165, 1.54) is 0 Å². The number of aryl methyl sites for hydroxylation is 1. The Hall–Kier alpha value is -2.12. The highest BCUT2D eigenvalue weighted by Gasteiger charge is 2.20. The highest BCUT2D eigenvalue weighted by Crippen LogP contribution is 2.04. The number of aromatic nitrogens is 3. The molecule has 0 aromatic carbocycles. The van der Waals surface area contributed by atoms with E-state index in [2.05, 4.69) is 15.5 Å². The molecule has 1 saturated heterocycles. The summed E-state index contributed by atoms with van der Waals surface area (Å²) >= 11 is 0. The second-order valence-corrected chi connectivity index (χ2v) is 5.04. The molecule has 0 bridgehead atoms. The summed E-state index contributed by atoms with van der Waals surface area (Å²) in [6, 6.07) is -0.119. The number of nitrogens with zero attached hydrogens (tertiary/aromatic N) is 5. The molecular formula is C13H22N6O2. The molecule has 1 aliphatic rings. The third kappa shape index (κ3) is 3.93. The first-order valence-electron chi connectivity index (χ1n) is 7.26. The summed E-state index contributed by atoms with van der Waals surface area (Å²) in [7, 11) is 0. The predicted octanol–water partition coefficient (Wildman–Crippen LogP) is 0.0618. The Labute approximate surface area is 124 Å². The van der Waals surface area contributed by atoms with Gasteiger partial charge in [0.25, 0.3) is 0 Å². The SMILES string of the molecule is CCn1cnnc1CNC(=O)N1CCCN(C(C)=O)CC1. The summed E-state index contributed by atoms with van der Waals surface area (Å²) in [4.78, 5) is 27.1. The van der Waals surface area contributed by atoms with E-state index >= 15 is 0 Å². The Kier molecular flexibility index (Phi) is 5.13. The molecule has 1 aromatic rings. The lowest BCUT2D eigenvalue weighted by Gasteiger charge is -2.21. The standard InChI is InChI=1S/C13H22N6O2/c1-3-17-10-15-16-12(17)9-14-13(21)19-6-4-5-18(7-8-19)11(2)20/h10H,3-9H2,1-2H3,(H,14,21). The Bertz CT molecular complexity index is 501. The van der Waals surface area contributed by atoms with Gasteiger partial charge >= 0.3 is 6.03 Å². The zero-order valence-corrected chi connectivity index (χ0v) is 12.6. The molecule has 3 amide bonds. The van der Waals surface area contributed by atoms with Gasteiger partial charge in [0.1, 0.15) is 6.33 Å². The number of amides is 3. The Morgan fingerprint density at radius 1 is 1.24 bits per heavy atom. The van der Waals surface area contributed by atoms with Crippen LogP contribution in [0, 0.1) is 0 Å². The largest absolute Gasteiger partial charge is 0.341 e. The van der Waals surface area contributed by atoms with Crippen molar-refractivity contribution in [3.05, 3.63) is 12.2 Å². The first kappa shape index (κ1) is 15.3. The smallest absolute Gasteiger partial charge is 0.317 e. The molecule has 1 N–H and O–H groups in total. The fourth-order valence-electron chi connectivity index (χ4n) is 2.38. The van der Waals surface area contributed by atoms with Crippen molar-refractivity contribution >= 4 is 11.9 Å². The van der Waals surface area contributed by atoms with Crippen LogP contribution < -0.4 is 5.32 Å². The van der Waals surface area contributed by atoms with Gasteiger partial charge in [-0.3, -0.25) is 4.79 Å². The van der Waals surface area contributed by atoms with Crippen LogP contribution in [0.4, 0.5) is 4.79 Å². The van der Waals surface area contributed by atoms with Gasteiger partial charge in [0.05, 0.1) is 6.54 Å². The van der Waals surface area contributed by atoms with Crippen LogP contribution in [0.5, 0.6) is 0 Å². The van der Waals surface area contributed by atoms with Gasteiger partial charge in [-0.2, -0.15) is 0 Å². The second kappa shape index (κ2) is 7.05. The maximum atomic E-state index is 12.2. The van der Waals surface area contributed by atoms with Gasteiger partial charge in [-0.1, -0.05) is 0 Å². The van der Waals surface area contributed by atoms with E-state index in [-0.39, 0.29) is 11.9 Å². The van der Waals surface area contributed by atoms with E-state index in [4.69, 9.17) is 0 Å². The van der Waals surface area contributed by atoms with Crippen LogP contribution in [0.15, 0.2) is 6.33 Å². The van der Waals surface area contributed by atoms with Gasteiger partial charge in [0.15, 0.2) is 5.82 Å². The van der Waals surface area contributed by atoms with Gasteiger partial charge in [-0.15, -0.1) is 10.2 Å². The van der Waals surface area contributed by atoms with E-state index in [1.807, 2.05) is 11.5 Å². The molecule has 0 unspecified atom stereocenters. The van der Waals surface area contributed by atoms with Crippen molar-refractivity contribution in [2.24, 2.45) is 0 Å². The third-order valence-electron chi connectivity index (χ3n) is 3.66. The van der Waals surface area contributed by atoms with Crippen LogP contribution in [-0.2, 0) is 17.9 Å². The first-order valence-corrected chi connectivity index (χ1v) is 7.26. The van der Waals surface area contributed by atoms with Crippen LogP contribution >= 0.6 is 0 Å². The number of nitrogens with one attached hydrogen (secondary N) is 1. The topological polar surface area (TPSA) is 83.4 Å². The van der Waals surface area contributed by atoms with Crippen LogP contribution in [0.1, 0.15) is 26.1 Å². The van der Waals surface area contributed by atoms with Crippen molar-refractivity contribution in [2.45, 2.75) is 33.4 Å². The molecule has 0 atom stereocenters. The maximum absolute atomic E-state index is 12.2. The molecule has 8 nitrogen and oxygen atoms in total. The minimum Gasteiger partial charge on any atom is -0.341 e. The van der Waals surface area contributed by atoms with Gasteiger partial charge in [-0.05, 0) is 13.3 Å². The summed E-state index contributed by atoms with van der Waals surface area (Å²) in [6.45, 7) is 7.22. The molecule has 0 aliphatic carbocycles. The summed E-state index contributed by atoms with van der Waals surface area (Å²) in [5.41, 5.74) is 0. The molecule has 1 aromatic heterocycles. The fraction of sp³-hybridized carbons (Fsp3) is 0.692. The Morgan fingerprint density at radius 3 is 2.67 bits per heavy atom. The molecule has 21 heavy (non-hydrogen) atoms. The summed E-state index contributed by atoms with van der Waals surface area (Å²) < 4.78 is 1.89. The van der Waals surface area contributed by atoms with Gasteiger partial charge in [-0.25, -0.2) is 4.79 Å². The highest BCUT2D eigenvalue weighted by atomic mass is 16.2. The molecular weight excluding hydrogens is 272 g/mol. The van der Waals surface area contributed by atoms with Crippen molar-refractivity contribution in [1.29, 1.82) is 0 Å². The number of hydrogen-bond acceptors (Lipinski definition) is 4. The predicted molar refractivity (Wildman–Crippen MR) is 76.4 cm³/mol. The molecule has 0 spiro atoms. The monoisotopic (exact) mass is 294 g/mol. The van der Waals surface area contributed by atoms with Crippen molar-refractivity contribution in [3.63, 3.8) is 0 Å². The van der Waals surface area contributed by atoms with E-state index in [0.29, 0.717) is 32.7 Å². The lowest BCUT2D eigenvalue weighted by Crippen LogP contribution is -2.42. The van der Waals surface area contributed by atoms with Crippen LogP contribution in [-0.4, -0.2) is 62.7 Å². The van der Waals surface area contributed by atoms with Crippen molar-refractivity contribution < 1.29 is 9.59 Å². The fourth-order valence-corrected chi connectivity index (χ4v) is 2.38. The van der Waals surface area contributed by atoms with Gasteiger partial charge < -0.3 is 19.7 Å². The molecule has 8 heteroatoms. The number of hydrogen-bond donors (Lipinski definition) is 1. The summed E-state index contributed by atoms with van der Waals surface area (Å²) in [5.74, 6) is 0.805. The van der Waals surface area contributed by atoms with Crippen LogP contribution in [0.3, 0.4) is 0 Å².